The van der Waals surface area contributed by atoms with Crippen LogP contribution in [0.5, 0.6) is 17.2 Å². The minimum absolute atomic E-state index is 0.0153. The summed E-state index contributed by atoms with van der Waals surface area (Å²) in [7, 11) is 0. The maximum absolute atomic E-state index is 12.1. The fourth-order valence-electron chi connectivity index (χ4n) is 3.26. The molecule has 3 aromatic rings. The summed E-state index contributed by atoms with van der Waals surface area (Å²) in [6.07, 6.45) is 0.0112. The molecular weight excluding hydrogens is 304 g/mol. The van der Waals surface area contributed by atoms with Crippen LogP contribution >= 0.6 is 0 Å². The van der Waals surface area contributed by atoms with Gasteiger partial charge in [0.2, 0.25) is 0 Å². The smallest absolute Gasteiger partial charge is 0.163 e. The Kier molecular flexibility index (Phi) is 3.47. The molecule has 4 heteroatoms. The lowest BCUT2D eigenvalue weighted by atomic mass is 9.88. The number of aliphatic hydroxyl groups excluding tert-OH is 1. The van der Waals surface area contributed by atoms with Gasteiger partial charge in [0.05, 0.1) is 11.5 Å². The SMILES string of the molecule is O=C1CC[C@H](O)c2c(Oc3cccc4cccc(O)c34)cccc21. The number of Topliss-reactive ketones (excluding diaryl/α,β-unsaturated/α-hetero) is 1. The van der Waals surface area contributed by atoms with E-state index in [1.165, 1.54) is 0 Å². The van der Waals surface area contributed by atoms with Gasteiger partial charge in [0.25, 0.3) is 0 Å². The number of ether oxygens (including phenoxy) is 1. The molecule has 3 aromatic carbocycles. The minimum atomic E-state index is -0.725. The second-order valence-corrected chi connectivity index (χ2v) is 5.93. The molecule has 0 aromatic heterocycles. The third kappa shape index (κ3) is 2.32. The van der Waals surface area contributed by atoms with Crippen LogP contribution in [-0.4, -0.2) is 16.0 Å². The van der Waals surface area contributed by atoms with E-state index in [-0.39, 0.29) is 11.5 Å². The number of aliphatic hydroxyl groups is 1. The van der Waals surface area contributed by atoms with Gasteiger partial charge in [-0.05, 0) is 30.0 Å². The van der Waals surface area contributed by atoms with Crippen molar-refractivity contribution in [2.24, 2.45) is 0 Å². The van der Waals surface area contributed by atoms with E-state index in [2.05, 4.69) is 0 Å². The predicted octanol–water partition coefficient (Wildman–Crippen LogP) is 4.35. The Bertz CT molecular complexity index is 940. The molecule has 0 fully saturated rings. The van der Waals surface area contributed by atoms with Gasteiger partial charge in [-0.2, -0.15) is 0 Å². The Morgan fingerprint density at radius 3 is 2.50 bits per heavy atom. The average Bonchev–Trinajstić information content (AvgIpc) is 2.59. The average molecular weight is 320 g/mol. The molecule has 2 N–H and O–H groups in total. The maximum atomic E-state index is 12.1. The molecule has 0 heterocycles. The van der Waals surface area contributed by atoms with Crippen molar-refractivity contribution in [1.82, 2.24) is 0 Å². The van der Waals surface area contributed by atoms with Crippen LogP contribution in [0.4, 0.5) is 0 Å². The number of phenolic OH excluding ortho intramolecular Hbond substituents is 1. The van der Waals surface area contributed by atoms with Crippen molar-refractivity contribution < 1.29 is 19.7 Å². The first-order chi connectivity index (χ1) is 11.6. The highest BCUT2D eigenvalue weighted by atomic mass is 16.5. The molecule has 0 saturated carbocycles. The zero-order valence-corrected chi connectivity index (χ0v) is 12.9. The van der Waals surface area contributed by atoms with Crippen LogP contribution in [0.1, 0.15) is 34.9 Å². The molecule has 0 spiro atoms. The Morgan fingerprint density at radius 1 is 0.958 bits per heavy atom. The van der Waals surface area contributed by atoms with Crippen molar-refractivity contribution >= 4 is 16.6 Å². The lowest BCUT2D eigenvalue weighted by molar-refractivity contribution is 0.0893. The van der Waals surface area contributed by atoms with Crippen LogP contribution in [0.25, 0.3) is 10.8 Å². The molecule has 0 aliphatic heterocycles. The highest BCUT2D eigenvalue weighted by molar-refractivity contribution is 5.99. The Balaban J connectivity index is 1.86. The normalized spacial score (nSPS) is 16.9. The number of fused-ring (bicyclic) bond motifs is 2. The highest BCUT2D eigenvalue weighted by Gasteiger charge is 2.27. The van der Waals surface area contributed by atoms with Crippen LogP contribution in [0.3, 0.4) is 0 Å². The molecule has 0 unspecified atom stereocenters. The van der Waals surface area contributed by atoms with Gasteiger partial charge in [-0.25, -0.2) is 0 Å². The van der Waals surface area contributed by atoms with Gasteiger partial charge in [0.15, 0.2) is 5.78 Å². The molecule has 0 bridgehead atoms. The monoisotopic (exact) mass is 320 g/mol. The van der Waals surface area contributed by atoms with E-state index >= 15 is 0 Å². The summed E-state index contributed by atoms with van der Waals surface area (Å²) < 4.78 is 6.02. The fraction of sp³-hybridized carbons (Fsp3) is 0.150. The van der Waals surface area contributed by atoms with Crippen molar-refractivity contribution in [3.8, 4) is 17.2 Å². The van der Waals surface area contributed by atoms with Gasteiger partial charge in [0, 0.05) is 17.5 Å². The second-order valence-electron chi connectivity index (χ2n) is 5.93. The van der Waals surface area contributed by atoms with E-state index in [1.54, 1.807) is 36.4 Å². The highest BCUT2D eigenvalue weighted by Crippen LogP contribution is 2.41. The van der Waals surface area contributed by atoms with E-state index < -0.39 is 6.10 Å². The van der Waals surface area contributed by atoms with Crippen LogP contribution in [0.15, 0.2) is 54.6 Å². The third-order valence-corrected chi connectivity index (χ3v) is 4.41. The first-order valence-electron chi connectivity index (χ1n) is 7.88. The van der Waals surface area contributed by atoms with Crippen LogP contribution in [0.2, 0.25) is 0 Å². The first kappa shape index (κ1) is 14.7. The largest absolute Gasteiger partial charge is 0.507 e. The molecule has 1 aliphatic rings. The van der Waals surface area contributed by atoms with Gasteiger partial charge in [0.1, 0.15) is 17.2 Å². The van der Waals surface area contributed by atoms with Gasteiger partial charge in [-0.15, -0.1) is 0 Å². The molecule has 4 rings (SSSR count). The molecule has 24 heavy (non-hydrogen) atoms. The van der Waals surface area contributed by atoms with Crippen LogP contribution < -0.4 is 4.74 Å². The van der Waals surface area contributed by atoms with Crippen LogP contribution in [-0.2, 0) is 0 Å². The summed E-state index contributed by atoms with van der Waals surface area (Å²) in [6, 6.07) is 16.0. The van der Waals surface area contributed by atoms with Crippen LogP contribution in [0, 0.1) is 0 Å². The van der Waals surface area contributed by atoms with E-state index in [4.69, 9.17) is 4.74 Å². The lowest BCUT2D eigenvalue weighted by Gasteiger charge is -2.23. The van der Waals surface area contributed by atoms with E-state index in [0.717, 1.165) is 5.39 Å². The zero-order valence-electron chi connectivity index (χ0n) is 12.9. The third-order valence-electron chi connectivity index (χ3n) is 4.41. The zero-order chi connectivity index (χ0) is 16.7. The quantitative estimate of drug-likeness (QED) is 0.737. The first-order valence-corrected chi connectivity index (χ1v) is 7.88. The van der Waals surface area contributed by atoms with E-state index in [1.807, 2.05) is 18.2 Å². The summed E-state index contributed by atoms with van der Waals surface area (Å²) >= 11 is 0. The molecule has 0 radical (unpaired) electrons. The Morgan fingerprint density at radius 2 is 1.67 bits per heavy atom. The summed E-state index contributed by atoms with van der Waals surface area (Å²) in [5, 5.41) is 22.0. The van der Waals surface area contributed by atoms with Gasteiger partial charge < -0.3 is 14.9 Å². The maximum Gasteiger partial charge on any atom is 0.163 e. The number of benzene rings is 3. The summed E-state index contributed by atoms with van der Waals surface area (Å²) in [5.41, 5.74) is 1.04. The molecule has 1 aliphatic carbocycles. The Hall–Kier alpha value is -2.85. The standard InChI is InChI=1S/C20H16O4/c21-14-10-11-16(23)20-13(14)6-3-9-18(20)24-17-8-2-5-12-4-1-7-15(22)19(12)17/h1-9,16,22-23H,10-11H2/t16-/m0/s1. The molecule has 0 saturated heterocycles. The van der Waals surface area contributed by atoms with E-state index in [0.29, 0.717) is 40.9 Å². The lowest BCUT2D eigenvalue weighted by Crippen LogP contribution is -2.16. The van der Waals surface area contributed by atoms with Gasteiger partial charge in [-0.1, -0.05) is 36.4 Å². The predicted molar refractivity (Wildman–Crippen MR) is 90.7 cm³/mol. The molecule has 4 nitrogen and oxygen atoms in total. The Labute approximate surface area is 138 Å². The summed E-state index contributed by atoms with van der Waals surface area (Å²) in [5.74, 6) is 1.08. The van der Waals surface area contributed by atoms with Gasteiger partial charge in [-0.3, -0.25) is 4.79 Å². The summed E-state index contributed by atoms with van der Waals surface area (Å²) in [4.78, 5) is 12.1. The molecular formula is C20H16O4. The summed E-state index contributed by atoms with van der Waals surface area (Å²) in [6.45, 7) is 0. The van der Waals surface area contributed by atoms with Crippen molar-refractivity contribution in [3.63, 3.8) is 0 Å². The van der Waals surface area contributed by atoms with Crippen molar-refractivity contribution in [2.75, 3.05) is 0 Å². The number of phenols is 1. The fourth-order valence-corrected chi connectivity index (χ4v) is 3.26. The van der Waals surface area contributed by atoms with E-state index in [9.17, 15) is 15.0 Å². The van der Waals surface area contributed by atoms with Gasteiger partial charge >= 0.3 is 0 Å². The molecule has 0 amide bonds. The number of rotatable bonds is 2. The molecule has 1 atom stereocenters. The van der Waals surface area contributed by atoms with Crippen molar-refractivity contribution in [1.29, 1.82) is 0 Å². The van der Waals surface area contributed by atoms with Crippen molar-refractivity contribution in [2.45, 2.75) is 18.9 Å². The number of carbonyl (C=O) groups is 1. The minimum Gasteiger partial charge on any atom is -0.507 e. The van der Waals surface area contributed by atoms with Crippen molar-refractivity contribution in [3.05, 3.63) is 65.7 Å². The second kappa shape index (κ2) is 5.65. The molecule has 120 valence electrons. The number of aromatic hydroxyl groups is 1. The number of carbonyl (C=O) groups excluding carboxylic acids is 1. The topological polar surface area (TPSA) is 66.8 Å². The number of hydrogen-bond donors (Lipinski definition) is 2. The number of ketones is 1. The number of hydrogen-bond acceptors (Lipinski definition) is 4.